The summed E-state index contributed by atoms with van der Waals surface area (Å²) in [6.45, 7) is 8.52. The Morgan fingerprint density at radius 3 is 2.39 bits per heavy atom. The second-order valence-corrected chi connectivity index (χ2v) is 4.82. The molecule has 0 bridgehead atoms. The highest BCUT2D eigenvalue weighted by Gasteiger charge is 2.13. The van der Waals surface area contributed by atoms with Gasteiger partial charge in [-0.2, -0.15) is 0 Å². The van der Waals surface area contributed by atoms with Crippen molar-refractivity contribution in [1.82, 2.24) is 5.32 Å². The average Bonchev–Trinajstić information content (AvgIpc) is 2.26. The Kier molecular flexibility index (Phi) is 9.06. The summed E-state index contributed by atoms with van der Waals surface area (Å²) in [4.78, 5) is 22.7. The number of hydrogen-bond donors (Lipinski definition) is 1. The second-order valence-electron chi connectivity index (χ2n) is 4.82. The van der Waals surface area contributed by atoms with Crippen LogP contribution >= 0.6 is 0 Å². The first kappa shape index (κ1) is 16.7. The maximum absolute atomic E-state index is 11.4. The van der Waals surface area contributed by atoms with Crippen molar-refractivity contribution in [3.63, 3.8) is 0 Å². The normalized spacial score (nSPS) is 12.1. The van der Waals surface area contributed by atoms with Gasteiger partial charge < -0.3 is 14.8 Å². The van der Waals surface area contributed by atoms with Gasteiger partial charge in [-0.05, 0) is 19.3 Å². The lowest BCUT2D eigenvalue weighted by atomic mass is 10.2. The smallest absolute Gasteiger partial charge is 0.407 e. The minimum Gasteiger partial charge on any atom is -0.466 e. The molecular weight excluding hydrogens is 234 g/mol. The summed E-state index contributed by atoms with van der Waals surface area (Å²) in [6, 6.07) is -0.279. The van der Waals surface area contributed by atoms with Crippen LogP contribution in [0.15, 0.2) is 0 Å². The quantitative estimate of drug-likeness (QED) is 0.537. The molecule has 5 nitrogen and oxygen atoms in total. The zero-order chi connectivity index (χ0) is 14.0. The topological polar surface area (TPSA) is 64.6 Å². The molecule has 1 amide bonds. The van der Waals surface area contributed by atoms with Crippen LogP contribution in [-0.4, -0.2) is 31.3 Å². The summed E-state index contributed by atoms with van der Waals surface area (Å²) in [5.41, 5.74) is 0. The number of carbonyl (C=O) groups excluding carboxylic acids is 2. The lowest BCUT2D eigenvalue weighted by molar-refractivity contribution is -0.144. The van der Waals surface area contributed by atoms with Crippen molar-refractivity contribution in [1.29, 1.82) is 0 Å². The van der Waals surface area contributed by atoms with Crippen molar-refractivity contribution in [2.75, 3.05) is 13.2 Å². The Morgan fingerprint density at radius 2 is 1.83 bits per heavy atom. The molecule has 0 rings (SSSR count). The van der Waals surface area contributed by atoms with Crippen molar-refractivity contribution in [3.8, 4) is 0 Å². The molecule has 0 radical (unpaired) electrons. The van der Waals surface area contributed by atoms with Crippen LogP contribution in [0.2, 0.25) is 0 Å². The first-order valence-electron chi connectivity index (χ1n) is 6.54. The van der Waals surface area contributed by atoms with E-state index in [0.717, 1.165) is 12.8 Å². The van der Waals surface area contributed by atoms with Gasteiger partial charge in [-0.1, -0.05) is 27.2 Å². The summed E-state index contributed by atoms with van der Waals surface area (Å²) in [7, 11) is 0. The summed E-state index contributed by atoms with van der Waals surface area (Å²) in [5, 5.41) is 2.59. The van der Waals surface area contributed by atoms with E-state index >= 15 is 0 Å². The van der Waals surface area contributed by atoms with Crippen molar-refractivity contribution < 1.29 is 19.1 Å². The van der Waals surface area contributed by atoms with E-state index in [-0.39, 0.29) is 18.4 Å². The number of esters is 1. The van der Waals surface area contributed by atoms with E-state index in [1.54, 1.807) is 6.92 Å². The van der Waals surface area contributed by atoms with Gasteiger partial charge in [0.2, 0.25) is 0 Å². The summed E-state index contributed by atoms with van der Waals surface area (Å²) < 4.78 is 9.95. The molecule has 0 saturated carbocycles. The average molecular weight is 259 g/mol. The minimum absolute atomic E-state index is 0.167. The zero-order valence-corrected chi connectivity index (χ0v) is 11.8. The fourth-order valence-electron chi connectivity index (χ4n) is 1.18. The molecule has 1 atom stereocenters. The first-order valence-corrected chi connectivity index (χ1v) is 6.54. The maximum atomic E-state index is 11.4. The lowest BCUT2D eigenvalue weighted by Crippen LogP contribution is -2.35. The molecule has 0 aliphatic rings. The van der Waals surface area contributed by atoms with E-state index in [4.69, 9.17) is 9.47 Å². The standard InChI is InChI=1S/C13H25NO4/c1-5-6-7-17-12(15)8-11(4)14-13(16)18-9-10(2)3/h10-11H,5-9H2,1-4H3,(H,14,16). The maximum Gasteiger partial charge on any atom is 0.407 e. The highest BCUT2D eigenvalue weighted by molar-refractivity contribution is 5.72. The number of alkyl carbamates (subject to hydrolysis) is 1. The molecule has 18 heavy (non-hydrogen) atoms. The molecule has 0 fully saturated rings. The van der Waals surface area contributed by atoms with E-state index in [1.165, 1.54) is 0 Å². The molecule has 5 heteroatoms. The Balaban J connectivity index is 3.71. The van der Waals surface area contributed by atoms with Gasteiger partial charge in [0.25, 0.3) is 0 Å². The number of hydrogen-bond acceptors (Lipinski definition) is 4. The molecule has 0 aromatic heterocycles. The molecule has 0 spiro atoms. The number of nitrogens with one attached hydrogen (secondary N) is 1. The highest BCUT2D eigenvalue weighted by Crippen LogP contribution is 1.98. The molecule has 1 N–H and O–H groups in total. The van der Waals surface area contributed by atoms with Gasteiger partial charge in [0.05, 0.1) is 19.6 Å². The first-order chi connectivity index (χ1) is 8.45. The molecule has 0 heterocycles. The fourth-order valence-corrected chi connectivity index (χ4v) is 1.18. The van der Waals surface area contributed by atoms with Gasteiger partial charge >= 0.3 is 12.1 Å². The van der Waals surface area contributed by atoms with Crippen LogP contribution < -0.4 is 5.32 Å². The Labute approximate surface area is 109 Å². The van der Waals surface area contributed by atoms with Crippen LogP contribution in [0.5, 0.6) is 0 Å². The van der Waals surface area contributed by atoms with Crippen molar-refractivity contribution in [2.45, 2.75) is 53.0 Å². The monoisotopic (exact) mass is 259 g/mol. The second kappa shape index (κ2) is 9.74. The predicted octanol–water partition coefficient (Wildman–Crippen LogP) is 2.49. The van der Waals surface area contributed by atoms with Gasteiger partial charge in [0.1, 0.15) is 0 Å². The highest BCUT2D eigenvalue weighted by atomic mass is 16.5. The van der Waals surface area contributed by atoms with Gasteiger partial charge in [0, 0.05) is 6.04 Å². The van der Waals surface area contributed by atoms with E-state index < -0.39 is 6.09 Å². The van der Waals surface area contributed by atoms with Crippen molar-refractivity contribution in [2.24, 2.45) is 5.92 Å². The van der Waals surface area contributed by atoms with Crippen LogP contribution in [0.25, 0.3) is 0 Å². The van der Waals surface area contributed by atoms with Gasteiger partial charge in [-0.15, -0.1) is 0 Å². The molecular formula is C13H25NO4. The molecule has 0 aliphatic carbocycles. The van der Waals surface area contributed by atoms with Crippen LogP contribution in [0.1, 0.15) is 47.0 Å². The number of amides is 1. The Morgan fingerprint density at radius 1 is 1.17 bits per heavy atom. The lowest BCUT2D eigenvalue weighted by Gasteiger charge is -2.14. The molecule has 0 aliphatic heterocycles. The third kappa shape index (κ3) is 9.93. The molecule has 0 aromatic carbocycles. The van der Waals surface area contributed by atoms with Gasteiger partial charge in [-0.3, -0.25) is 4.79 Å². The Hall–Kier alpha value is -1.26. The van der Waals surface area contributed by atoms with E-state index in [2.05, 4.69) is 5.32 Å². The zero-order valence-electron chi connectivity index (χ0n) is 11.8. The number of rotatable bonds is 8. The fraction of sp³-hybridized carbons (Fsp3) is 0.846. The van der Waals surface area contributed by atoms with E-state index in [1.807, 2.05) is 20.8 Å². The molecule has 0 saturated heterocycles. The number of ether oxygens (including phenoxy) is 2. The van der Waals surface area contributed by atoms with E-state index in [9.17, 15) is 9.59 Å². The predicted molar refractivity (Wildman–Crippen MR) is 69.3 cm³/mol. The van der Waals surface area contributed by atoms with Crippen LogP contribution in [0.3, 0.4) is 0 Å². The number of unbranched alkanes of at least 4 members (excludes halogenated alkanes) is 1. The Bertz CT molecular complexity index is 253. The molecule has 106 valence electrons. The third-order valence-electron chi connectivity index (χ3n) is 2.15. The molecule has 1 unspecified atom stereocenters. The van der Waals surface area contributed by atoms with Crippen molar-refractivity contribution >= 4 is 12.1 Å². The SMILES string of the molecule is CCCCOC(=O)CC(C)NC(=O)OCC(C)C. The summed E-state index contributed by atoms with van der Waals surface area (Å²) >= 11 is 0. The van der Waals surface area contributed by atoms with Crippen molar-refractivity contribution in [3.05, 3.63) is 0 Å². The summed E-state index contributed by atoms with van der Waals surface area (Å²) in [6.07, 6.45) is 1.53. The third-order valence-corrected chi connectivity index (χ3v) is 2.15. The molecule has 0 aromatic rings. The minimum atomic E-state index is -0.488. The largest absolute Gasteiger partial charge is 0.466 e. The van der Waals surface area contributed by atoms with Gasteiger partial charge in [0.15, 0.2) is 0 Å². The van der Waals surface area contributed by atoms with E-state index in [0.29, 0.717) is 19.1 Å². The van der Waals surface area contributed by atoms with Crippen LogP contribution in [-0.2, 0) is 14.3 Å². The van der Waals surface area contributed by atoms with Crippen LogP contribution in [0, 0.1) is 5.92 Å². The summed E-state index contributed by atoms with van der Waals surface area (Å²) in [5.74, 6) is 0.00479. The van der Waals surface area contributed by atoms with Crippen LogP contribution in [0.4, 0.5) is 4.79 Å². The number of carbonyl (C=O) groups is 2. The van der Waals surface area contributed by atoms with Gasteiger partial charge in [-0.25, -0.2) is 4.79 Å².